The maximum Gasteiger partial charge on any atom is 0.265 e. The van der Waals surface area contributed by atoms with E-state index in [0.29, 0.717) is 32.7 Å². The number of benzene rings is 1. The van der Waals surface area contributed by atoms with Gasteiger partial charge in [-0.2, -0.15) is 0 Å². The smallest absolute Gasteiger partial charge is 0.265 e. The van der Waals surface area contributed by atoms with Gasteiger partial charge in [0.1, 0.15) is 14.8 Å². The van der Waals surface area contributed by atoms with Gasteiger partial charge in [0, 0.05) is 37.9 Å². The number of hydrogen-bond donors (Lipinski definition) is 1. The molecule has 1 aliphatic rings. The molecule has 10 heteroatoms. The number of carbonyl (C=O) groups is 1. The topological polar surface area (TPSA) is 84.3 Å². The highest BCUT2D eigenvalue weighted by molar-refractivity contribution is 7.89. The van der Waals surface area contributed by atoms with E-state index in [-0.39, 0.29) is 17.3 Å². The highest BCUT2D eigenvalue weighted by Gasteiger charge is 2.26. The predicted octanol–water partition coefficient (Wildman–Crippen LogP) is 3.87. The number of carbonyl (C=O) groups excluding carboxylic acids is 1. The summed E-state index contributed by atoms with van der Waals surface area (Å²) < 4.78 is 30.0. The number of thiazole rings is 1. The van der Waals surface area contributed by atoms with Gasteiger partial charge in [0.2, 0.25) is 10.0 Å². The zero-order valence-corrected chi connectivity index (χ0v) is 20.4. The number of nitrogens with zero attached hydrogens (tertiary/aromatic N) is 3. The van der Waals surface area contributed by atoms with Crippen molar-refractivity contribution in [1.82, 2.24) is 19.2 Å². The zero-order chi connectivity index (χ0) is 22.9. The van der Waals surface area contributed by atoms with Crippen molar-refractivity contribution in [3.63, 3.8) is 0 Å². The van der Waals surface area contributed by atoms with Gasteiger partial charge in [-0.1, -0.05) is 23.7 Å². The van der Waals surface area contributed by atoms with Crippen molar-refractivity contribution in [2.75, 3.05) is 19.6 Å². The Kier molecular flexibility index (Phi) is 6.71. The van der Waals surface area contributed by atoms with E-state index in [0.717, 1.165) is 31.5 Å². The van der Waals surface area contributed by atoms with Crippen molar-refractivity contribution in [3.8, 4) is 10.7 Å². The van der Waals surface area contributed by atoms with Crippen molar-refractivity contribution >= 4 is 38.9 Å². The molecule has 1 aliphatic heterocycles. The summed E-state index contributed by atoms with van der Waals surface area (Å²) in [6.07, 6.45) is 4.18. The molecule has 0 aliphatic carbocycles. The summed E-state index contributed by atoms with van der Waals surface area (Å²) in [4.78, 5) is 20.0. The molecule has 0 radical (unpaired) electrons. The van der Waals surface area contributed by atoms with Crippen LogP contribution in [-0.4, -0.2) is 48.4 Å². The lowest BCUT2D eigenvalue weighted by Gasteiger charge is -2.13. The van der Waals surface area contributed by atoms with Crippen LogP contribution in [0.3, 0.4) is 0 Å². The van der Waals surface area contributed by atoms with Crippen molar-refractivity contribution in [2.45, 2.75) is 31.1 Å². The molecule has 4 rings (SSSR count). The fourth-order valence-corrected chi connectivity index (χ4v) is 6.05. The van der Waals surface area contributed by atoms with Crippen LogP contribution in [0.4, 0.5) is 0 Å². The monoisotopic (exact) mass is 492 g/mol. The second kappa shape index (κ2) is 9.35. The molecule has 1 amide bonds. The highest BCUT2D eigenvalue weighted by Crippen LogP contribution is 2.31. The van der Waals surface area contributed by atoms with Crippen LogP contribution in [0.1, 0.15) is 33.8 Å². The van der Waals surface area contributed by atoms with Crippen molar-refractivity contribution in [3.05, 3.63) is 57.7 Å². The molecule has 0 atom stereocenters. The number of nitrogens with one attached hydrogen (secondary N) is 1. The SMILES string of the molecule is Cc1nc(-c2cc(S(=O)(=O)NCCc3ccc(Cl)cc3)cn2C)sc1C(=O)N1CCCC1. The Labute approximate surface area is 197 Å². The number of sulfonamides is 1. The molecule has 3 heterocycles. The Hall–Kier alpha value is -2.20. The molecule has 3 aromatic rings. The summed E-state index contributed by atoms with van der Waals surface area (Å²) in [5.74, 6) is 0.00895. The summed E-state index contributed by atoms with van der Waals surface area (Å²) in [7, 11) is -1.90. The number of rotatable bonds is 7. The maximum absolute atomic E-state index is 12.8. The molecule has 1 saturated heterocycles. The van der Waals surface area contributed by atoms with Crippen LogP contribution >= 0.6 is 22.9 Å². The van der Waals surface area contributed by atoms with Gasteiger partial charge in [0.05, 0.1) is 11.4 Å². The highest BCUT2D eigenvalue weighted by atomic mass is 35.5. The van der Waals surface area contributed by atoms with E-state index in [1.54, 1.807) is 36.0 Å². The lowest BCUT2D eigenvalue weighted by Crippen LogP contribution is -2.27. The van der Waals surface area contributed by atoms with Crippen LogP contribution in [0.25, 0.3) is 10.7 Å². The zero-order valence-electron chi connectivity index (χ0n) is 18.0. The van der Waals surface area contributed by atoms with Gasteiger partial charge in [0.15, 0.2) is 0 Å². The minimum Gasteiger partial charge on any atom is -0.347 e. The van der Waals surface area contributed by atoms with Crippen LogP contribution < -0.4 is 4.72 Å². The quantitative estimate of drug-likeness (QED) is 0.542. The second-order valence-corrected chi connectivity index (χ2v) is 11.1. The summed E-state index contributed by atoms with van der Waals surface area (Å²) in [5, 5.41) is 1.28. The first-order chi connectivity index (χ1) is 15.2. The number of amides is 1. The Morgan fingerprint density at radius 1 is 1.22 bits per heavy atom. The molecule has 0 unspecified atom stereocenters. The van der Waals surface area contributed by atoms with E-state index in [9.17, 15) is 13.2 Å². The summed E-state index contributed by atoms with van der Waals surface area (Å²) in [6.45, 7) is 3.65. The fraction of sp³-hybridized carbons (Fsp3) is 0.364. The lowest BCUT2D eigenvalue weighted by molar-refractivity contribution is 0.0796. The number of aromatic nitrogens is 2. The van der Waals surface area contributed by atoms with E-state index in [4.69, 9.17) is 11.6 Å². The van der Waals surface area contributed by atoms with Gasteiger partial charge < -0.3 is 9.47 Å². The van der Waals surface area contributed by atoms with Gasteiger partial charge in [-0.25, -0.2) is 18.1 Å². The van der Waals surface area contributed by atoms with E-state index in [1.807, 2.05) is 24.0 Å². The Morgan fingerprint density at radius 3 is 2.59 bits per heavy atom. The first-order valence-electron chi connectivity index (χ1n) is 10.4. The Morgan fingerprint density at radius 2 is 1.91 bits per heavy atom. The van der Waals surface area contributed by atoms with Gasteiger partial charge >= 0.3 is 0 Å². The summed E-state index contributed by atoms with van der Waals surface area (Å²) in [6, 6.07) is 8.93. The third-order valence-corrected chi connectivity index (χ3v) is 8.36. The first-order valence-corrected chi connectivity index (χ1v) is 13.1. The Balaban J connectivity index is 1.49. The molecule has 1 aromatic carbocycles. The first kappa shape index (κ1) is 23.0. The average molecular weight is 493 g/mol. The largest absolute Gasteiger partial charge is 0.347 e. The van der Waals surface area contributed by atoms with Crippen LogP contribution in [0.15, 0.2) is 41.4 Å². The van der Waals surface area contributed by atoms with Crippen molar-refractivity contribution in [2.24, 2.45) is 7.05 Å². The second-order valence-electron chi connectivity index (χ2n) is 7.88. The maximum atomic E-state index is 12.8. The molecular formula is C22H25ClN4O3S2. The average Bonchev–Trinajstić information content (AvgIpc) is 3.49. The van der Waals surface area contributed by atoms with Crippen LogP contribution in [0, 0.1) is 6.92 Å². The van der Waals surface area contributed by atoms with Gasteiger partial charge in [0.25, 0.3) is 5.91 Å². The molecule has 170 valence electrons. The molecule has 32 heavy (non-hydrogen) atoms. The summed E-state index contributed by atoms with van der Waals surface area (Å²) >= 11 is 7.20. The molecule has 7 nitrogen and oxygen atoms in total. The third kappa shape index (κ3) is 4.91. The molecular weight excluding hydrogens is 468 g/mol. The number of halogens is 1. The molecule has 2 aromatic heterocycles. The van der Waals surface area contributed by atoms with Crippen LogP contribution in [0.2, 0.25) is 5.02 Å². The van der Waals surface area contributed by atoms with E-state index in [2.05, 4.69) is 9.71 Å². The number of likely N-dealkylation sites (tertiary alicyclic amines) is 1. The normalized spacial score (nSPS) is 14.3. The molecule has 0 saturated carbocycles. The third-order valence-electron chi connectivity index (χ3n) is 5.51. The lowest BCUT2D eigenvalue weighted by atomic mass is 10.2. The van der Waals surface area contributed by atoms with Crippen LogP contribution in [-0.2, 0) is 23.5 Å². The minimum atomic E-state index is -3.68. The van der Waals surface area contributed by atoms with E-state index >= 15 is 0 Å². The fourth-order valence-electron chi connectivity index (χ4n) is 3.73. The predicted molar refractivity (Wildman–Crippen MR) is 127 cm³/mol. The van der Waals surface area contributed by atoms with Gasteiger partial charge in [-0.3, -0.25) is 4.79 Å². The standard InChI is InChI=1S/C22H25ClN4O3S2/c1-15-20(22(28)27-11-3-4-12-27)31-21(25-15)19-13-18(14-26(19)2)32(29,30)24-10-9-16-5-7-17(23)8-6-16/h5-8,13-14,24H,3-4,9-12H2,1-2H3. The minimum absolute atomic E-state index is 0.00895. The Bertz CT molecular complexity index is 1230. The van der Waals surface area contributed by atoms with Crippen LogP contribution in [0.5, 0.6) is 0 Å². The molecule has 1 fully saturated rings. The van der Waals surface area contributed by atoms with Gasteiger partial charge in [-0.05, 0) is 49.9 Å². The molecule has 1 N–H and O–H groups in total. The summed E-state index contributed by atoms with van der Waals surface area (Å²) in [5.41, 5.74) is 2.34. The number of hydrogen-bond acceptors (Lipinski definition) is 5. The van der Waals surface area contributed by atoms with Crippen molar-refractivity contribution in [1.29, 1.82) is 0 Å². The number of aryl methyl sites for hydroxylation is 2. The molecule has 0 bridgehead atoms. The van der Waals surface area contributed by atoms with Crippen molar-refractivity contribution < 1.29 is 13.2 Å². The van der Waals surface area contributed by atoms with E-state index in [1.165, 1.54) is 11.3 Å². The molecule has 0 spiro atoms. The van der Waals surface area contributed by atoms with Gasteiger partial charge in [-0.15, -0.1) is 11.3 Å². The van der Waals surface area contributed by atoms with E-state index < -0.39 is 10.0 Å².